The van der Waals surface area contributed by atoms with E-state index in [1.807, 2.05) is 0 Å². The number of aliphatic carboxylic acids is 1. The maximum atomic E-state index is 11.6. The summed E-state index contributed by atoms with van der Waals surface area (Å²) in [5.41, 5.74) is 0. The van der Waals surface area contributed by atoms with Gasteiger partial charge < -0.3 is 15.4 Å². The number of hydroxylamine groups is 3. The Bertz CT molecular complexity index is 254. The number of carbonyl (C=O) groups is 2. The zero-order valence-electron chi connectivity index (χ0n) is 7.68. The average molecular weight is 203 g/mol. The number of rotatable bonds is 1. The molecule has 1 heterocycles. The number of hydrogen-bond donors (Lipinski definition) is 2. The molecule has 1 aliphatic rings. The Labute approximate surface area is 80.9 Å². The summed E-state index contributed by atoms with van der Waals surface area (Å²) in [5.74, 6) is -1.90. The van der Waals surface area contributed by atoms with Crippen LogP contribution in [-0.2, 0) is 4.79 Å². The Morgan fingerprint density at radius 1 is 1.29 bits per heavy atom. The molecule has 2 unspecified atom stereocenters. The molecular formula is C8H13NO5. The van der Waals surface area contributed by atoms with E-state index in [2.05, 4.69) is 0 Å². The van der Waals surface area contributed by atoms with Crippen LogP contribution < -0.4 is 0 Å². The van der Waals surface area contributed by atoms with Gasteiger partial charge in [0.05, 0.1) is 6.54 Å². The lowest BCUT2D eigenvalue weighted by atomic mass is 10.0. The highest BCUT2D eigenvalue weighted by Crippen LogP contribution is 2.22. The molecule has 6 nitrogen and oxygen atoms in total. The Balaban J connectivity index is 2.78. The van der Waals surface area contributed by atoms with Crippen LogP contribution >= 0.6 is 0 Å². The molecule has 0 aromatic heterocycles. The lowest BCUT2D eigenvalue weighted by Gasteiger charge is -2.36. The SMILES string of the molecule is O=C(O)C1CCCC[N+]([O-])(C(=O)O)C1. The molecule has 0 spiro atoms. The van der Waals surface area contributed by atoms with Crippen LogP contribution in [0.3, 0.4) is 0 Å². The normalized spacial score (nSPS) is 33.4. The molecule has 0 aromatic rings. The molecule has 80 valence electrons. The van der Waals surface area contributed by atoms with Crippen molar-refractivity contribution >= 4 is 12.1 Å². The van der Waals surface area contributed by atoms with Crippen LogP contribution in [0.15, 0.2) is 0 Å². The van der Waals surface area contributed by atoms with E-state index in [0.29, 0.717) is 19.3 Å². The summed E-state index contributed by atoms with van der Waals surface area (Å²) in [6, 6.07) is 0. The number of carboxylic acid groups (broad SMARTS) is 2. The van der Waals surface area contributed by atoms with Gasteiger partial charge in [0.25, 0.3) is 0 Å². The van der Waals surface area contributed by atoms with Crippen molar-refractivity contribution in [3.63, 3.8) is 0 Å². The number of amides is 1. The highest BCUT2D eigenvalue weighted by molar-refractivity contribution is 5.70. The van der Waals surface area contributed by atoms with Gasteiger partial charge in [-0.2, -0.15) is 4.79 Å². The first-order valence-corrected chi connectivity index (χ1v) is 4.50. The fraction of sp³-hybridized carbons (Fsp3) is 0.750. The molecule has 1 amide bonds. The summed E-state index contributed by atoms with van der Waals surface area (Å²) in [6.45, 7) is -0.385. The maximum Gasteiger partial charge on any atom is 0.513 e. The third-order valence-corrected chi connectivity index (χ3v) is 2.54. The summed E-state index contributed by atoms with van der Waals surface area (Å²) >= 11 is 0. The van der Waals surface area contributed by atoms with Crippen LogP contribution in [0.5, 0.6) is 0 Å². The van der Waals surface area contributed by atoms with Gasteiger partial charge in [0.15, 0.2) is 0 Å². The molecule has 0 saturated carbocycles. The van der Waals surface area contributed by atoms with Gasteiger partial charge in [0.1, 0.15) is 12.5 Å². The molecule has 2 atom stereocenters. The largest absolute Gasteiger partial charge is 0.622 e. The molecule has 6 heteroatoms. The van der Waals surface area contributed by atoms with Gasteiger partial charge in [-0.1, -0.05) is 0 Å². The van der Waals surface area contributed by atoms with Crippen LogP contribution in [-0.4, -0.2) is 40.0 Å². The molecule has 14 heavy (non-hydrogen) atoms. The Kier molecular flexibility index (Phi) is 3.07. The molecular weight excluding hydrogens is 190 g/mol. The minimum atomic E-state index is -1.49. The van der Waals surface area contributed by atoms with E-state index in [1.165, 1.54) is 0 Å². The van der Waals surface area contributed by atoms with Gasteiger partial charge in [-0.3, -0.25) is 9.44 Å². The summed E-state index contributed by atoms with van der Waals surface area (Å²) in [7, 11) is 0. The topological polar surface area (TPSA) is 97.7 Å². The third-order valence-electron chi connectivity index (χ3n) is 2.54. The van der Waals surface area contributed by atoms with Gasteiger partial charge in [0.2, 0.25) is 0 Å². The van der Waals surface area contributed by atoms with Crippen molar-refractivity contribution in [1.82, 2.24) is 0 Å². The molecule has 0 aliphatic carbocycles. The third kappa shape index (κ3) is 2.21. The van der Waals surface area contributed by atoms with Crippen molar-refractivity contribution in [3.8, 4) is 0 Å². The van der Waals surface area contributed by atoms with Crippen LogP contribution in [0.4, 0.5) is 4.79 Å². The second kappa shape index (κ2) is 3.93. The standard InChI is InChI=1S/C8H13NO5/c10-7(11)6-3-1-2-4-9(14,5-6)8(12)13/h6H,1-5H2,(H,10,11)(H,12,13). The number of quaternary nitrogens is 1. The van der Waals surface area contributed by atoms with Gasteiger partial charge in [-0.25, -0.2) is 0 Å². The van der Waals surface area contributed by atoms with E-state index in [1.54, 1.807) is 0 Å². The molecule has 1 rings (SSSR count). The van der Waals surface area contributed by atoms with Crippen molar-refractivity contribution < 1.29 is 24.4 Å². The Morgan fingerprint density at radius 2 is 1.93 bits per heavy atom. The zero-order valence-corrected chi connectivity index (χ0v) is 7.68. The minimum Gasteiger partial charge on any atom is -0.622 e. The molecule has 1 aliphatic heterocycles. The predicted molar refractivity (Wildman–Crippen MR) is 46.4 cm³/mol. The second-order valence-corrected chi connectivity index (χ2v) is 3.61. The fourth-order valence-electron chi connectivity index (χ4n) is 1.67. The first-order valence-electron chi connectivity index (χ1n) is 4.50. The van der Waals surface area contributed by atoms with Crippen LogP contribution in [0, 0.1) is 11.1 Å². The van der Waals surface area contributed by atoms with E-state index in [0.717, 1.165) is 0 Å². The highest BCUT2D eigenvalue weighted by atomic mass is 16.6. The Morgan fingerprint density at radius 3 is 2.43 bits per heavy atom. The highest BCUT2D eigenvalue weighted by Gasteiger charge is 2.35. The van der Waals surface area contributed by atoms with E-state index < -0.39 is 22.6 Å². The van der Waals surface area contributed by atoms with Gasteiger partial charge in [-0.05, 0) is 19.3 Å². The van der Waals surface area contributed by atoms with Crippen LogP contribution in [0.25, 0.3) is 0 Å². The number of hydrogen-bond acceptors (Lipinski definition) is 3. The molecule has 0 aromatic carbocycles. The van der Waals surface area contributed by atoms with Crippen LogP contribution in [0.2, 0.25) is 0 Å². The maximum absolute atomic E-state index is 11.6. The average Bonchev–Trinajstić information content (AvgIpc) is 2.28. The predicted octanol–water partition coefficient (Wildman–Crippen LogP) is 0.864. The molecule has 1 fully saturated rings. The van der Waals surface area contributed by atoms with Gasteiger partial charge in [-0.15, -0.1) is 0 Å². The number of carboxylic acids is 1. The smallest absolute Gasteiger partial charge is 0.513 e. The van der Waals surface area contributed by atoms with Gasteiger partial charge >= 0.3 is 12.1 Å². The van der Waals surface area contributed by atoms with Crippen molar-refractivity contribution in [2.75, 3.05) is 13.1 Å². The summed E-state index contributed by atoms with van der Waals surface area (Å²) in [6.07, 6.45) is -0.0187. The summed E-state index contributed by atoms with van der Waals surface area (Å²) in [5, 5.41) is 29.1. The molecule has 2 N–H and O–H groups in total. The first-order chi connectivity index (χ1) is 6.46. The monoisotopic (exact) mass is 203 g/mol. The minimum absolute atomic E-state index is 0.0287. The van der Waals surface area contributed by atoms with Crippen molar-refractivity contribution in [2.45, 2.75) is 19.3 Å². The quantitative estimate of drug-likeness (QED) is 0.486. The van der Waals surface area contributed by atoms with E-state index >= 15 is 0 Å². The molecule has 0 radical (unpaired) electrons. The fourth-order valence-corrected chi connectivity index (χ4v) is 1.67. The van der Waals surface area contributed by atoms with E-state index in [-0.39, 0.29) is 13.1 Å². The molecule has 1 saturated heterocycles. The summed E-state index contributed by atoms with van der Waals surface area (Å²) < 4.78 is -1.42. The van der Waals surface area contributed by atoms with Gasteiger partial charge in [0, 0.05) is 0 Å². The number of likely N-dealkylation sites (tertiary alicyclic amines) is 1. The van der Waals surface area contributed by atoms with Crippen molar-refractivity contribution in [2.24, 2.45) is 5.92 Å². The zero-order chi connectivity index (χ0) is 10.8. The van der Waals surface area contributed by atoms with Crippen molar-refractivity contribution in [1.29, 1.82) is 0 Å². The lowest BCUT2D eigenvalue weighted by Crippen LogP contribution is -2.50. The Hall–Kier alpha value is -1.14. The van der Waals surface area contributed by atoms with E-state index in [9.17, 15) is 14.8 Å². The first kappa shape index (κ1) is 10.9. The number of nitrogens with zero attached hydrogens (tertiary/aromatic N) is 1. The van der Waals surface area contributed by atoms with E-state index in [4.69, 9.17) is 10.2 Å². The lowest BCUT2D eigenvalue weighted by molar-refractivity contribution is -0.808. The van der Waals surface area contributed by atoms with Crippen molar-refractivity contribution in [3.05, 3.63) is 5.21 Å². The van der Waals surface area contributed by atoms with Crippen LogP contribution in [0.1, 0.15) is 19.3 Å². The second-order valence-electron chi connectivity index (χ2n) is 3.61. The molecule has 0 bridgehead atoms. The summed E-state index contributed by atoms with van der Waals surface area (Å²) in [4.78, 5) is 21.3.